The Morgan fingerprint density at radius 1 is 1.10 bits per heavy atom. The molecule has 0 radical (unpaired) electrons. The van der Waals surface area contributed by atoms with Crippen molar-refractivity contribution in [1.82, 2.24) is 9.88 Å². The van der Waals surface area contributed by atoms with E-state index in [9.17, 15) is 12.8 Å². The lowest BCUT2D eigenvalue weighted by atomic mass is 9.95. The number of nitrogens with zero attached hydrogens (tertiary/aromatic N) is 2. The number of hydrogen-bond acceptors (Lipinski definition) is 5. The largest absolute Gasteiger partial charge is 0.497 e. The van der Waals surface area contributed by atoms with Crippen molar-refractivity contribution in [3.05, 3.63) is 77.9 Å². The monoisotopic (exact) mass is 424 g/mol. The molecule has 0 aliphatic carbocycles. The van der Waals surface area contributed by atoms with Gasteiger partial charge in [0.15, 0.2) is 9.84 Å². The molecule has 7 heteroatoms. The first-order valence-electron chi connectivity index (χ1n) is 9.81. The Kier molecular flexibility index (Phi) is 4.60. The summed E-state index contributed by atoms with van der Waals surface area (Å²) < 4.78 is 44.8. The number of fused-ring (bicyclic) bond motifs is 3. The quantitative estimate of drug-likeness (QED) is 0.599. The molecule has 30 heavy (non-hydrogen) atoms. The Labute approximate surface area is 175 Å². The van der Waals surface area contributed by atoms with Gasteiger partial charge in [0.25, 0.3) is 0 Å². The molecule has 0 amide bonds. The fourth-order valence-corrected chi connectivity index (χ4v) is 6.80. The number of ether oxygens (including phenoxy) is 1. The predicted molar refractivity (Wildman–Crippen MR) is 112 cm³/mol. The van der Waals surface area contributed by atoms with E-state index in [0.29, 0.717) is 24.5 Å². The highest BCUT2D eigenvalue weighted by Crippen LogP contribution is 2.46. The third-order valence-corrected chi connectivity index (χ3v) is 8.32. The van der Waals surface area contributed by atoms with Gasteiger partial charge in [0.2, 0.25) is 5.95 Å². The molecule has 2 aliphatic heterocycles. The molecule has 1 fully saturated rings. The van der Waals surface area contributed by atoms with E-state index in [4.69, 9.17) is 4.74 Å². The molecule has 0 saturated carbocycles. The molecule has 154 valence electrons. The summed E-state index contributed by atoms with van der Waals surface area (Å²) in [5.74, 6) is 0.193. The maximum absolute atomic E-state index is 13.2. The molecule has 0 spiro atoms. The van der Waals surface area contributed by atoms with Gasteiger partial charge in [0, 0.05) is 37.3 Å². The normalized spacial score (nSPS) is 21.9. The van der Waals surface area contributed by atoms with E-state index in [1.54, 1.807) is 25.3 Å². The van der Waals surface area contributed by atoms with E-state index in [0.717, 1.165) is 28.0 Å². The lowest BCUT2D eigenvalue weighted by molar-refractivity contribution is 0.324. The van der Waals surface area contributed by atoms with Crippen LogP contribution in [-0.4, -0.2) is 43.8 Å². The van der Waals surface area contributed by atoms with Gasteiger partial charge in [-0.1, -0.05) is 18.2 Å². The summed E-state index contributed by atoms with van der Waals surface area (Å²) in [7, 11) is -1.73. The smallest absolute Gasteiger partial charge is 0.212 e. The van der Waals surface area contributed by atoms with Gasteiger partial charge in [-0.3, -0.25) is 4.90 Å². The SMILES string of the molecule is COc1cccc(CN2C[C@@H]3c4cc(-c5ccc(F)nc5)ccc4S(=O)(=O)[C@H]3C2)c1. The molecular formula is C23H21FN2O3S. The van der Waals surface area contributed by atoms with Gasteiger partial charge in [-0.05, 0) is 53.1 Å². The predicted octanol–water partition coefficient (Wildman–Crippen LogP) is 3.65. The molecule has 5 rings (SSSR count). The number of rotatable bonds is 4. The number of hydrogen-bond donors (Lipinski definition) is 0. The van der Waals surface area contributed by atoms with Crippen molar-refractivity contribution in [2.45, 2.75) is 22.6 Å². The Bertz CT molecular complexity index is 1210. The molecular weight excluding hydrogens is 403 g/mol. The summed E-state index contributed by atoms with van der Waals surface area (Å²) in [4.78, 5) is 6.33. The molecule has 3 aromatic rings. The third-order valence-electron chi connectivity index (χ3n) is 6.06. The summed E-state index contributed by atoms with van der Waals surface area (Å²) in [5.41, 5.74) is 3.57. The fraction of sp³-hybridized carbons (Fsp3) is 0.261. The van der Waals surface area contributed by atoms with Crippen molar-refractivity contribution >= 4 is 9.84 Å². The summed E-state index contributed by atoms with van der Waals surface area (Å²) in [6, 6.07) is 16.2. The van der Waals surface area contributed by atoms with E-state index < -0.39 is 21.0 Å². The summed E-state index contributed by atoms with van der Waals surface area (Å²) in [5, 5.41) is -0.431. The van der Waals surface area contributed by atoms with Crippen LogP contribution in [0.25, 0.3) is 11.1 Å². The van der Waals surface area contributed by atoms with Gasteiger partial charge in [0.05, 0.1) is 17.3 Å². The molecule has 2 aliphatic rings. The zero-order chi connectivity index (χ0) is 20.9. The first-order chi connectivity index (χ1) is 14.5. The Morgan fingerprint density at radius 2 is 1.93 bits per heavy atom. The molecule has 0 N–H and O–H groups in total. The lowest BCUT2D eigenvalue weighted by Gasteiger charge is -2.18. The van der Waals surface area contributed by atoms with Crippen LogP contribution < -0.4 is 4.74 Å². The molecule has 3 heterocycles. The maximum Gasteiger partial charge on any atom is 0.212 e. The average molecular weight is 424 g/mol. The lowest BCUT2D eigenvalue weighted by Crippen LogP contribution is -2.25. The molecule has 0 unspecified atom stereocenters. The number of methoxy groups -OCH3 is 1. The van der Waals surface area contributed by atoms with E-state index in [2.05, 4.69) is 9.88 Å². The van der Waals surface area contributed by atoms with Gasteiger partial charge in [-0.2, -0.15) is 4.39 Å². The number of likely N-dealkylation sites (tertiary alicyclic amines) is 1. The summed E-state index contributed by atoms with van der Waals surface area (Å²) in [6.07, 6.45) is 1.47. The fourth-order valence-electron chi connectivity index (χ4n) is 4.61. The Balaban J connectivity index is 1.45. The van der Waals surface area contributed by atoms with Crippen LogP contribution in [0.1, 0.15) is 17.0 Å². The van der Waals surface area contributed by atoms with Crippen LogP contribution in [0, 0.1) is 5.95 Å². The van der Waals surface area contributed by atoms with Crippen LogP contribution in [0.3, 0.4) is 0 Å². The van der Waals surface area contributed by atoms with E-state index in [-0.39, 0.29) is 5.92 Å². The van der Waals surface area contributed by atoms with Crippen molar-refractivity contribution in [3.63, 3.8) is 0 Å². The van der Waals surface area contributed by atoms with Gasteiger partial charge >= 0.3 is 0 Å². The van der Waals surface area contributed by atoms with Crippen molar-refractivity contribution in [2.24, 2.45) is 0 Å². The van der Waals surface area contributed by atoms with E-state index in [1.165, 1.54) is 12.3 Å². The van der Waals surface area contributed by atoms with Gasteiger partial charge < -0.3 is 4.74 Å². The molecule has 2 aromatic carbocycles. The number of sulfone groups is 1. The minimum atomic E-state index is -3.37. The van der Waals surface area contributed by atoms with Crippen molar-refractivity contribution in [1.29, 1.82) is 0 Å². The van der Waals surface area contributed by atoms with Crippen LogP contribution in [0.5, 0.6) is 5.75 Å². The number of halogens is 1. The molecule has 0 bridgehead atoms. The second-order valence-electron chi connectivity index (χ2n) is 7.86. The first-order valence-corrected chi connectivity index (χ1v) is 11.4. The highest BCUT2D eigenvalue weighted by molar-refractivity contribution is 7.92. The first kappa shape index (κ1) is 19.2. The average Bonchev–Trinajstić information content (AvgIpc) is 3.26. The van der Waals surface area contributed by atoms with Gasteiger partial charge in [-0.25, -0.2) is 13.4 Å². The zero-order valence-corrected chi connectivity index (χ0v) is 17.3. The molecule has 5 nitrogen and oxygen atoms in total. The standard InChI is InChI=1S/C23H21FN2O3S/c1-29-18-4-2-3-15(9-18)12-26-13-20-19-10-16(17-6-8-23(24)25-11-17)5-7-21(19)30(27,28)22(20)14-26/h2-11,20,22H,12-14H2,1H3/t20-,22+/m1/s1. The van der Waals surface area contributed by atoms with Crippen LogP contribution in [-0.2, 0) is 16.4 Å². The molecule has 1 saturated heterocycles. The minimum absolute atomic E-state index is 0.0658. The van der Waals surface area contributed by atoms with Crippen molar-refractivity contribution < 1.29 is 17.5 Å². The summed E-state index contributed by atoms with van der Waals surface area (Å²) in [6.45, 7) is 1.86. The van der Waals surface area contributed by atoms with Gasteiger partial charge in [0.1, 0.15) is 5.75 Å². The van der Waals surface area contributed by atoms with E-state index >= 15 is 0 Å². The Hall–Kier alpha value is -2.77. The zero-order valence-electron chi connectivity index (χ0n) is 16.5. The van der Waals surface area contributed by atoms with Crippen molar-refractivity contribution in [3.8, 4) is 16.9 Å². The Morgan fingerprint density at radius 3 is 2.70 bits per heavy atom. The van der Waals surface area contributed by atoms with Crippen LogP contribution >= 0.6 is 0 Å². The van der Waals surface area contributed by atoms with E-state index in [1.807, 2.05) is 30.3 Å². The molecule has 2 atom stereocenters. The number of aromatic nitrogens is 1. The van der Waals surface area contributed by atoms with Crippen molar-refractivity contribution in [2.75, 3.05) is 20.2 Å². The highest BCUT2D eigenvalue weighted by atomic mass is 32.2. The highest BCUT2D eigenvalue weighted by Gasteiger charge is 2.50. The van der Waals surface area contributed by atoms with Crippen LogP contribution in [0.2, 0.25) is 0 Å². The second-order valence-corrected chi connectivity index (χ2v) is 9.99. The summed E-state index contributed by atoms with van der Waals surface area (Å²) >= 11 is 0. The number of benzene rings is 2. The second kappa shape index (κ2) is 7.18. The topological polar surface area (TPSA) is 59.5 Å². The third kappa shape index (κ3) is 3.18. The maximum atomic E-state index is 13.2. The van der Waals surface area contributed by atoms with Gasteiger partial charge in [-0.15, -0.1) is 0 Å². The van der Waals surface area contributed by atoms with Crippen LogP contribution in [0.4, 0.5) is 4.39 Å². The molecule has 1 aromatic heterocycles. The minimum Gasteiger partial charge on any atom is -0.497 e. The van der Waals surface area contributed by atoms with Crippen LogP contribution in [0.15, 0.2) is 65.7 Å². The number of pyridine rings is 1.